The summed E-state index contributed by atoms with van der Waals surface area (Å²) in [7, 11) is 1.98. The van der Waals surface area contributed by atoms with E-state index in [1.807, 2.05) is 17.9 Å². The lowest BCUT2D eigenvalue weighted by Crippen LogP contribution is -2.43. The number of nitrogens with zero attached hydrogens (tertiary/aromatic N) is 4. The quantitative estimate of drug-likeness (QED) is 0.848. The van der Waals surface area contributed by atoms with Crippen LogP contribution in [-0.2, 0) is 23.9 Å². The van der Waals surface area contributed by atoms with Crippen LogP contribution in [0.4, 0.5) is 5.69 Å². The van der Waals surface area contributed by atoms with E-state index in [-0.39, 0.29) is 5.60 Å². The summed E-state index contributed by atoms with van der Waals surface area (Å²) >= 11 is 0. The third kappa shape index (κ3) is 3.26. The Balaban J connectivity index is 1.54. The van der Waals surface area contributed by atoms with Gasteiger partial charge in [-0.3, -0.25) is 9.58 Å². The van der Waals surface area contributed by atoms with Gasteiger partial charge < -0.3 is 9.64 Å². The van der Waals surface area contributed by atoms with Crippen LogP contribution in [0.1, 0.15) is 37.8 Å². The Morgan fingerprint density at radius 1 is 1.15 bits per heavy atom. The molecule has 3 heterocycles. The fraction of sp³-hybridized carbons (Fsp3) is 0.571. The lowest BCUT2D eigenvalue weighted by Gasteiger charge is -2.42. The second kappa shape index (κ2) is 7.05. The Morgan fingerprint density at radius 3 is 2.62 bits per heavy atom. The first-order chi connectivity index (χ1) is 12.6. The summed E-state index contributed by atoms with van der Waals surface area (Å²) in [6.07, 6.45) is 6.19. The van der Waals surface area contributed by atoms with Crippen LogP contribution < -0.4 is 4.90 Å². The molecule has 4 rings (SSSR count). The molecule has 5 heteroatoms. The molecule has 2 aliphatic heterocycles. The number of hydrogen-bond donors (Lipinski definition) is 0. The number of likely N-dealkylation sites (tertiary alicyclic amines) is 1. The van der Waals surface area contributed by atoms with Gasteiger partial charge in [0.25, 0.3) is 0 Å². The van der Waals surface area contributed by atoms with Crippen molar-refractivity contribution in [3.63, 3.8) is 0 Å². The maximum absolute atomic E-state index is 6.56. The van der Waals surface area contributed by atoms with Crippen LogP contribution in [0.25, 0.3) is 0 Å². The Labute approximate surface area is 156 Å². The molecule has 1 aromatic heterocycles. The molecule has 0 aliphatic carbocycles. The summed E-state index contributed by atoms with van der Waals surface area (Å²) in [6.45, 7) is 9.40. The fourth-order valence-corrected chi connectivity index (χ4v) is 4.48. The average Bonchev–Trinajstić information content (AvgIpc) is 2.97. The third-order valence-corrected chi connectivity index (χ3v) is 5.87. The van der Waals surface area contributed by atoms with Crippen LogP contribution >= 0.6 is 0 Å². The van der Waals surface area contributed by atoms with Gasteiger partial charge in [0.15, 0.2) is 0 Å². The summed E-state index contributed by atoms with van der Waals surface area (Å²) in [6, 6.07) is 9.36. The Kier molecular flexibility index (Phi) is 4.76. The summed E-state index contributed by atoms with van der Waals surface area (Å²) < 4.78 is 8.44. The highest BCUT2D eigenvalue weighted by Gasteiger charge is 2.41. The minimum atomic E-state index is -0.133. The maximum atomic E-state index is 6.56. The van der Waals surface area contributed by atoms with E-state index >= 15 is 0 Å². The van der Waals surface area contributed by atoms with E-state index in [1.165, 1.54) is 16.8 Å². The van der Waals surface area contributed by atoms with E-state index < -0.39 is 0 Å². The third-order valence-electron chi connectivity index (χ3n) is 5.87. The first kappa shape index (κ1) is 17.6. The smallest absolute Gasteiger partial charge is 0.0976 e. The molecule has 2 aromatic rings. The lowest BCUT2D eigenvalue weighted by molar-refractivity contribution is -0.0849. The van der Waals surface area contributed by atoms with Crippen molar-refractivity contribution in [2.75, 3.05) is 31.1 Å². The zero-order valence-corrected chi connectivity index (χ0v) is 16.2. The Hall–Kier alpha value is -1.85. The van der Waals surface area contributed by atoms with E-state index in [0.29, 0.717) is 6.04 Å². The Morgan fingerprint density at radius 2 is 1.92 bits per heavy atom. The van der Waals surface area contributed by atoms with Crippen molar-refractivity contribution in [2.45, 2.75) is 44.9 Å². The van der Waals surface area contributed by atoms with Crippen LogP contribution in [0.15, 0.2) is 36.7 Å². The number of benzene rings is 1. The average molecular weight is 354 g/mol. The molecule has 0 radical (unpaired) electrons. The molecule has 1 fully saturated rings. The molecule has 26 heavy (non-hydrogen) atoms. The minimum Gasteiger partial charge on any atom is -0.368 e. The number of aromatic nitrogens is 2. The molecule has 0 atom stereocenters. The Bertz CT molecular complexity index is 746. The molecule has 1 saturated heterocycles. The van der Waals surface area contributed by atoms with Crippen molar-refractivity contribution < 1.29 is 4.74 Å². The maximum Gasteiger partial charge on any atom is 0.0976 e. The van der Waals surface area contributed by atoms with Gasteiger partial charge >= 0.3 is 0 Å². The van der Waals surface area contributed by atoms with Crippen molar-refractivity contribution in [1.29, 1.82) is 0 Å². The number of rotatable bonds is 3. The van der Waals surface area contributed by atoms with Gasteiger partial charge in [-0.25, -0.2) is 0 Å². The van der Waals surface area contributed by atoms with E-state index in [0.717, 1.165) is 45.6 Å². The monoisotopic (exact) mass is 354 g/mol. The SMILES string of the molecule is CC(C)N1CCOC2(CCN(Cc3cnn(C)c3)CC2)c2ccccc21. The van der Waals surface area contributed by atoms with Gasteiger partial charge in [-0.1, -0.05) is 18.2 Å². The summed E-state index contributed by atoms with van der Waals surface area (Å²) in [5.41, 5.74) is 3.90. The largest absolute Gasteiger partial charge is 0.368 e. The number of anilines is 1. The number of hydrogen-bond acceptors (Lipinski definition) is 4. The first-order valence-corrected chi connectivity index (χ1v) is 9.77. The highest BCUT2D eigenvalue weighted by molar-refractivity contribution is 5.57. The topological polar surface area (TPSA) is 33.5 Å². The molecule has 0 N–H and O–H groups in total. The van der Waals surface area contributed by atoms with Gasteiger partial charge in [-0.05, 0) is 32.8 Å². The second-order valence-corrected chi connectivity index (χ2v) is 7.95. The molecule has 1 aromatic carbocycles. The van der Waals surface area contributed by atoms with Gasteiger partial charge in [0.2, 0.25) is 0 Å². The molecule has 0 amide bonds. The van der Waals surface area contributed by atoms with Crippen molar-refractivity contribution in [2.24, 2.45) is 7.05 Å². The normalized spacial score (nSPS) is 20.4. The zero-order chi connectivity index (χ0) is 18.1. The van der Waals surface area contributed by atoms with Crippen LogP contribution in [0.3, 0.4) is 0 Å². The van der Waals surface area contributed by atoms with Crippen molar-refractivity contribution in [3.8, 4) is 0 Å². The van der Waals surface area contributed by atoms with E-state index in [2.05, 4.69) is 59.2 Å². The van der Waals surface area contributed by atoms with Gasteiger partial charge in [0, 0.05) is 62.3 Å². The van der Waals surface area contributed by atoms with Crippen molar-refractivity contribution in [1.82, 2.24) is 14.7 Å². The molecular formula is C21H30N4O. The summed E-state index contributed by atoms with van der Waals surface area (Å²) in [4.78, 5) is 5.02. The summed E-state index contributed by atoms with van der Waals surface area (Å²) in [5, 5.41) is 4.29. The highest BCUT2D eigenvalue weighted by atomic mass is 16.5. The van der Waals surface area contributed by atoms with Crippen LogP contribution in [0, 0.1) is 0 Å². The molecule has 0 unspecified atom stereocenters. The number of fused-ring (bicyclic) bond motifs is 2. The van der Waals surface area contributed by atoms with E-state index in [4.69, 9.17) is 4.74 Å². The minimum absolute atomic E-state index is 0.133. The predicted octanol–water partition coefficient (Wildman–Crippen LogP) is 3.16. The lowest BCUT2D eigenvalue weighted by atomic mass is 9.83. The van der Waals surface area contributed by atoms with Gasteiger partial charge in [-0.15, -0.1) is 0 Å². The van der Waals surface area contributed by atoms with Crippen LogP contribution in [-0.4, -0.2) is 47.0 Å². The van der Waals surface area contributed by atoms with Crippen LogP contribution in [0.2, 0.25) is 0 Å². The van der Waals surface area contributed by atoms with Crippen molar-refractivity contribution in [3.05, 3.63) is 47.8 Å². The van der Waals surface area contributed by atoms with Crippen LogP contribution in [0.5, 0.6) is 0 Å². The number of aryl methyl sites for hydroxylation is 1. The molecule has 1 spiro atoms. The second-order valence-electron chi connectivity index (χ2n) is 7.95. The summed E-state index contributed by atoms with van der Waals surface area (Å²) in [5.74, 6) is 0. The molecule has 0 bridgehead atoms. The number of ether oxygens (including phenoxy) is 1. The fourth-order valence-electron chi connectivity index (χ4n) is 4.48. The molecule has 140 valence electrons. The van der Waals surface area contributed by atoms with E-state index in [1.54, 1.807) is 0 Å². The standard InChI is InChI=1S/C21H30N4O/c1-17(2)25-12-13-26-21(19-6-4-5-7-20(19)25)8-10-24(11-9-21)16-18-14-22-23(3)15-18/h4-7,14-15,17H,8-13,16H2,1-3H3. The van der Waals surface area contributed by atoms with Gasteiger partial charge in [0.1, 0.15) is 0 Å². The predicted molar refractivity (Wildman–Crippen MR) is 104 cm³/mol. The molecular weight excluding hydrogens is 324 g/mol. The van der Waals surface area contributed by atoms with Gasteiger partial charge in [0.05, 0.1) is 18.4 Å². The molecule has 5 nitrogen and oxygen atoms in total. The van der Waals surface area contributed by atoms with E-state index in [9.17, 15) is 0 Å². The highest BCUT2D eigenvalue weighted by Crippen LogP contribution is 2.43. The number of para-hydroxylation sites is 1. The van der Waals surface area contributed by atoms with Gasteiger partial charge in [-0.2, -0.15) is 5.10 Å². The number of piperidine rings is 1. The zero-order valence-electron chi connectivity index (χ0n) is 16.2. The first-order valence-electron chi connectivity index (χ1n) is 9.77. The molecule has 0 saturated carbocycles. The van der Waals surface area contributed by atoms with Crippen molar-refractivity contribution >= 4 is 5.69 Å². The molecule has 2 aliphatic rings.